The predicted octanol–water partition coefficient (Wildman–Crippen LogP) is 2.04. The Balaban J connectivity index is 2.84. The molecule has 0 radical (unpaired) electrons. The van der Waals surface area contributed by atoms with Crippen LogP contribution in [-0.2, 0) is 24.7 Å². The number of carboxylic acid groups (broad SMARTS) is 1. The van der Waals surface area contributed by atoms with Crippen LogP contribution in [-0.4, -0.2) is 15.6 Å². The van der Waals surface area contributed by atoms with E-state index in [-0.39, 0.29) is 12.0 Å². The average Bonchev–Trinajstić information content (AvgIpc) is 2.40. The molecule has 0 aliphatic rings. The summed E-state index contributed by atoms with van der Waals surface area (Å²) in [6.07, 6.45) is 0.678. The topological polar surface area (TPSA) is 59.3 Å². The van der Waals surface area contributed by atoms with E-state index >= 15 is 0 Å². The number of pyridine rings is 1. The first-order valence-electron chi connectivity index (χ1n) is 6.28. The molecule has 19 heavy (non-hydrogen) atoms. The Morgan fingerprint density at radius 3 is 2.63 bits per heavy atom. The Morgan fingerprint density at radius 1 is 1.37 bits per heavy atom. The molecule has 0 aliphatic carbocycles. The van der Waals surface area contributed by atoms with Gasteiger partial charge in [-0.05, 0) is 36.6 Å². The second-order valence-electron chi connectivity index (χ2n) is 4.74. The molecule has 0 bridgehead atoms. The van der Waals surface area contributed by atoms with Gasteiger partial charge in [-0.25, -0.2) is 0 Å². The van der Waals surface area contributed by atoms with E-state index < -0.39 is 5.97 Å². The van der Waals surface area contributed by atoms with E-state index in [0.29, 0.717) is 5.56 Å². The van der Waals surface area contributed by atoms with Gasteiger partial charge in [0.1, 0.15) is 0 Å². The summed E-state index contributed by atoms with van der Waals surface area (Å²) in [5.41, 5.74) is 2.94. The largest absolute Gasteiger partial charge is 0.481 e. The number of fused-ring (bicyclic) bond motifs is 1. The standard InChI is InChI=1S/C15H17NO3/c1-4-10-5-6-13-11(7-10)9(2)12(8-14(17)18)15(19)16(13)3/h5-7H,4,8H2,1-3H3,(H,17,18). The molecule has 1 heterocycles. The number of carbonyl (C=O) groups is 1. The fourth-order valence-electron chi connectivity index (χ4n) is 2.39. The van der Waals surface area contributed by atoms with Gasteiger partial charge >= 0.3 is 5.97 Å². The van der Waals surface area contributed by atoms with Gasteiger partial charge in [-0.3, -0.25) is 9.59 Å². The number of hydrogen-bond acceptors (Lipinski definition) is 2. The Bertz CT molecular complexity index is 713. The van der Waals surface area contributed by atoms with Gasteiger partial charge in [0.15, 0.2) is 0 Å². The molecule has 1 N–H and O–H groups in total. The molecule has 2 rings (SSSR count). The second kappa shape index (κ2) is 4.88. The number of rotatable bonds is 3. The van der Waals surface area contributed by atoms with Gasteiger partial charge in [0.25, 0.3) is 5.56 Å². The molecule has 0 spiro atoms. The summed E-state index contributed by atoms with van der Waals surface area (Å²) >= 11 is 0. The summed E-state index contributed by atoms with van der Waals surface area (Å²) in [5, 5.41) is 9.89. The third-order valence-corrected chi connectivity index (χ3v) is 3.58. The minimum atomic E-state index is -0.980. The predicted molar refractivity (Wildman–Crippen MR) is 74.6 cm³/mol. The van der Waals surface area contributed by atoms with Crippen molar-refractivity contribution in [2.75, 3.05) is 0 Å². The van der Waals surface area contributed by atoms with Crippen LogP contribution in [0.3, 0.4) is 0 Å². The Labute approximate surface area is 111 Å². The zero-order valence-electron chi connectivity index (χ0n) is 11.4. The molecular weight excluding hydrogens is 242 g/mol. The molecule has 1 aromatic carbocycles. The molecular formula is C15H17NO3. The van der Waals surface area contributed by atoms with Crippen molar-refractivity contribution in [2.24, 2.45) is 7.05 Å². The lowest BCUT2D eigenvalue weighted by molar-refractivity contribution is -0.136. The van der Waals surface area contributed by atoms with Crippen molar-refractivity contribution in [2.45, 2.75) is 26.7 Å². The van der Waals surface area contributed by atoms with Crippen LogP contribution < -0.4 is 5.56 Å². The quantitative estimate of drug-likeness (QED) is 0.917. The zero-order valence-corrected chi connectivity index (χ0v) is 11.4. The number of aromatic nitrogens is 1. The number of aliphatic carboxylic acids is 1. The fourth-order valence-corrected chi connectivity index (χ4v) is 2.39. The summed E-state index contributed by atoms with van der Waals surface area (Å²) in [7, 11) is 1.68. The number of benzene rings is 1. The highest BCUT2D eigenvalue weighted by molar-refractivity contribution is 5.85. The summed E-state index contributed by atoms with van der Waals surface area (Å²) in [5.74, 6) is -0.980. The summed E-state index contributed by atoms with van der Waals surface area (Å²) < 4.78 is 1.53. The van der Waals surface area contributed by atoms with Crippen LogP contribution in [0.25, 0.3) is 10.9 Å². The van der Waals surface area contributed by atoms with Crippen LogP contribution in [0.15, 0.2) is 23.0 Å². The first kappa shape index (κ1) is 13.3. The third kappa shape index (κ3) is 2.26. The number of carboxylic acids is 1. The van der Waals surface area contributed by atoms with Crippen molar-refractivity contribution in [3.8, 4) is 0 Å². The lowest BCUT2D eigenvalue weighted by atomic mass is 9.99. The van der Waals surface area contributed by atoms with Gasteiger partial charge in [-0.1, -0.05) is 13.0 Å². The highest BCUT2D eigenvalue weighted by Crippen LogP contribution is 2.21. The SMILES string of the molecule is CCc1ccc2c(c1)c(C)c(CC(=O)O)c(=O)n2C. The van der Waals surface area contributed by atoms with E-state index in [1.165, 1.54) is 10.1 Å². The van der Waals surface area contributed by atoms with Crippen molar-refractivity contribution >= 4 is 16.9 Å². The third-order valence-electron chi connectivity index (χ3n) is 3.58. The van der Waals surface area contributed by atoms with Crippen LogP contribution in [0.4, 0.5) is 0 Å². The van der Waals surface area contributed by atoms with Crippen LogP contribution >= 0.6 is 0 Å². The number of hydrogen-bond donors (Lipinski definition) is 1. The summed E-state index contributed by atoms with van der Waals surface area (Å²) in [6.45, 7) is 3.89. The molecule has 4 heteroatoms. The van der Waals surface area contributed by atoms with E-state index in [4.69, 9.17) is 5.11 Å². The highest BCUT2D eigenvalue weighted by Gasteiger charge is 2.14. The Morgan fingerprint density at radius 2 is 2.05 bits per heavy atom. The van der Waals surface area contributed by atoms with Crippen molar-refractivity contribution in [1.82, 2.24) is 4.57 Å². The second-order valence-corrected chi connectivity index (χ2v) is 4.74. The fraction of sp³-hybridized carbons (Fsp3) is 0.333. The first-order chi connectivity index (χ1) is 8.95. The minimum Gasteiger partial charge on any atom is -0.481 e. The number of nitrogens with zero attached hydrogens (tertiary/aromatic N) is 1. The van der Waals surface area contributed by atoms with Crippen molar-refractivity contribution in [1.29, 1.82) is 0 Å². The zero-order chi connectivity index (χ0) is 14.2. The normalized spacial score (nSPS) is 10.9. The Hall–Kier alpha value is -2.10. The smallest absolute Gasteiger partial charge is 0.308 e. The maximum absolute atomic E-state index is 12.2. The average molecular weight is 259 g/mol. The molecule has 0 saturated carbocycles. The van der Waals surface area contributed by atoms with Gasteiger partial charge in [0, 0.05) is 18.0 Å². The van der Waals surface area contributed by atoms with Crippen LogP contribution in [0.5, 0.6) is 0 Å². The van der Waals surface area contributed by atoms with Gasteiger partial charge in [0.05, 0.1) is 11.9 Å². The van der Waals surface area contributed by atoms with E-state index in [1.54, 1.807) is 7.05 Å². The van der Waals surface area contributed by atoms with Crippen LogP contribution in [0.2, 0.25) is 0 Å². The van der Waals surface area contributed by atoms with Crippen molar-refractivity contribution in [3.05, 3.63) is 45.2 Å². The Kier molecular flexibility index (Phi) is 3.42. The van der Waals surface area contributed by atoms with Gasteiger partial charge < -0.3 is 9.67 Å². The van der Waals surface area contributed by atoms with Crippen LogP contribution in [0.1, 0.15) is 23.6 Å². The van der Waals surface area contributed by atoms with E-state index in [2.05, 4.69) is 6.92 Å². The molecule has 100 valence electrons. The molecule has 0 amide bonds. The lowest BCUT2D eigenvalue weighted by Gasteiger charge is -2.13. The maximum Gasteiger partial charge on any atom is 0.308 e. The molecule has 1 aromatic heterocycles. The molecule has 0 fully saturated rings. The van der Waals surface area contributed by atoms with Gasteiger partial charge in [0.2, 0.25) is 0 Å². The lowest BCUT2D eigenvalue weighted by Crippen LogP contribution is -2.25. The van der Waals surface area contributed by atoms with Crippen LogP contribution in [0, 0.1) is 6.92 Å². The summed E-state index contributed by atoms with van der Waals surface area (Å²) in [4.78, 5) is 23.1. The molecule has 0 saturated heterocycles. The molecule has 0 unspecified atom stereocenters. The number of aryl methyl sites for hydroxylation is 3. The van der Waals surface area contributed by atoms with E-state index in [9.17, 15) is 9.59 Å². The van der Waals surface area contributed by atoms with E-state index in [1.807, 2.05) is 25.1 Å². The van der Waals surface area contributed by atoms with Crippen molar-refractivity contribution < 1.29 is 9.90 Å². The molecule has 2 aromatic rings. The van der Waals surface area contributed by atoms with Gasteiger partial charge in [-0.2, -0.15) is 0 Å². The summed E-state index contributed by atoms with van der Waals surface area (Å²) in [6, 6.07) is 5.96. The van der Waals surface area contributed by atoms with E-state index in [0.717, 1.165) is 22.9 Å². The van der Waals surface area contributed by atoms with Crippen molar-refractivity contribution in [3.63, 3.8) is 0 Å². The maximum atomic E-state index is 12.2. The molecule has 4 nitrogen and oxygen atoms in total. The highest BCUT2D eigenvalue weighted by atomic mass is 16.4. The molecule has 0 aliphatic heterocycles. The molecule has 0 atom stereocenters. The monoisotopic (exact) mass is 259 g/mol. The first-order valence-corrected chi connectivity index (χ1v) is 6.28. The minimum absolute atomic E-state index is 0.225. The van der Waals surface area contributed by atoms with Gasteiger partial charge in [-0.15, -0.1) is 0 Å².